The minimum absolute atomic E-state index is 0.391. The van der Waals surface area contributed by atoms with Gasteiger partial charge in [0.1, 0.15) is 12.4 Å². The molecule has 0 aliphatic carbocycles. The van der Waals surface area contributed by atoms with Crippen LogP contribution in [-0.4, -0.2) is 14.9 Å². The highest BCUT2D eigenvalue weighted by Crippen LogP contribution is 2.28. The number of aliphatic hydroxyl groups excluding tert-OH is 1. The number of aryl methyl sites for hydroxylation is 1. The lowest BCUT2D eigenvalue weighted by Crippen LogP contribution is -2.02. The van der Waals surface area contributed by atoms with Crippen LogP contribution < -0.4 is 4.74 Å². The first-order valence-electron chi connectivity index (χ1n) is 5.65. The maximum Gasteiger partial charge on any atom is 0.132 e. The maximum atomic E-state index is 9.71. The molecule has 1 atom stereocenters. The first kappa shape index (κ1) is 13.1. The third kappa shape index (κ3) is 3.11. The van der Waals surface area contributed by atoms with Crippen LogP contribution in [0, 0.1) is 0 Å². The molecule has 0 bridgehead atoms. The molecule has 0 aliphatic rings. The van der Waals surface area contributed by atoms with Crippen molar-refractivity contribution >= 4 is 15.9 Å². The number of aliphatic hydroxyl groups is 1. The predicted octanol–water partition coefficient (Wildman–Crippen LogP) is 2.81. The van der Waals surface area contributed by atoms with Gasteiger partial charge in [0.05, 0.1) is 11.8 Å². The van der Waals surface area contributed by atoms with Crippen LogP contribution in [-0.2, 0) is 13.7 Å². The number of hydrogen-bond acceptors (Lipinski definition) is 3. The van der Waals surface area contributed by atoms with E-state index in [0.29, 0.717) is 12.4 Å². The minimum atomic E-state index is -0.568. The van der Waals surface area contributed by atoms with E-state index in [1.54, 1.807) is 11.6 Å². The van der Waals surface area contributed by atoms with Crippen LogP contribution in [0.4, 0.5) is 0 Å². The molecule has 0 saturated carbocycles. The van der Waals surface area contributed by atoms with Crippen molar-refractivity contribution in [3.63, 3.8) is 0 Å². The van der Waals surface area contributed by atoms with Gasteiger partial charge in [0.25, 0.3) is 0 Å². The number of hydrogen-bond donors (Lipinski definition) is 1. The van der Waals surface area contributed by atoms with E-state index in [0.717, 1.165) is 15.7 Å². The fourth-order valence-electron chi connectivity index (χ4n) is 1.67. The second kappa shape index (κ2) is 5.54. The van der Waals surface area contributed by atoms with E-state index >= 15 is 0 Å². The van der Waals surface area contributed by atoms with Gasteiger partial charge in [-0.3, -0.25) is 4.68 Å². The van der Waals surface area contributed by atoms with Crippen molar-refractivity contribution in [3.8, 4) is 5.75 Å². The monoisotopic (exact) mass is 310 g/mol. The predicted molar refractivity (Wildman–Crippen MR) is 72.3 cm³/mol. The summed E-state index contributed by atoms with van der Waals surface area (Å²) < 4.78 is 8.35. The highest BCUT2D eigenvalue weighted by molar-refractivity contribution is 9.10. The molecule has 18 heavy (non-hydrogen) atoms. The Labute approximate surface area is 114 Å². The highest BCUT2D eigenvalue weighted by Gasteiger charge is 2.10. The van der Waals surface area contributed by atoms with Gasteiger partial charge in [-0.15, -0.1) is 0 Å². The van der Waals surface area contributed by atoms with Gasteiger partial charge in [-0.05, 0) is 31.2 Å². The van der Waals surface area contributed by atoms with E-state index in [1.807, 2.05) is 37.5 Å². The van der Waals surface area contributed by atoms with Crippen molar-refractivity contribution < 1.29 is 9.84 Å². The molecule has 0 spiro atoms. The van der Waals surface area contributed by atoms with E-state index in [1.165, 1.54) is 0 Å². The fourth-order valence-corrected chi connectivity index (χ4v) is 2.05. The molecule has 2 aromatic rings. The van der Waals surface area contributed by atoms with Gasteiger partial charge < -0.3 is 9.84 Å². The van der Waals surface area contributed by atoms with Crippen molar-refractivity contribution in [3.05, 3.63) is 46.2 Å². The van der Waals surface area contributed by atoms with Crippen LogP contribution in [0.5, 0.6) is 5.75 Å². The summed E-state index contributed by atoms with van der Waals surface area (Å²) in [5.41, 5.74) is 1.62. The maximum absolute atomic E-state index is 9.71. The third-order valence-electron chi connectivity index (χ3n) is 2.57. The van der Waals surface area contributed by atoms with Gasteiger partial charge in [-0.25, -0.2) is 0 Å². The largest absolute Gasteiger partial charge is 0.487 e. The van der Waals surface area contributed by atoms with Crippen LogP contribution >= 0.6 is 15.9 Å². The molecule has 1 N–H and O–H groups in total. The molecule has 1 aromatic carbocycles. The third-order valence-corrected chi connectivity index (χ3v) is 3.06. The number of rotatable bonds is 4. The Morgan fingerprint density at radius 1 is 1.44 bits per heavy atom. The van der Waals surface area contributed by atoms with Gasteiger partial charge in [0.15, 0.2) is 0 Å². The zero-order chi connectivity index (χ0) is 13.1. The van der Waals surface area contributed by atoms with Gasteiger partial charge in [-0.2, -0.15) is 5.10 Å². The minimum Gasteiger partial charge on any atom is -0.487 e. The Kier molecular flexibility index (Phi) is 4.04. The lowest BCUT2D eigenvalue weighted by atomic mass is 10.1. The first-order valence-corrected chi connectivity index (χ1v) is 6.44. The number of aromatic nitrogens is 2. The van der Waals surface area contributed by atoms with Crippen LogP contribution in [0.1, 0.15) is 24.3 Å². The average molecular weight is 311 g/mol. The second-order valence-electron chi connectivity index (χ2n) is 4.13. The highest BCUT2D eigenvalue weighted by atomic mass is 79.9. The number of benzene rings is 1. The number of ether oxygens (including phenoxy) is 1. The van der Waals surface area contributed by atoms with E-state index in [9.17, 15) is 5.11 Å². The summed E-state index contributed by atoms with van der Waals surface area (Å²) in [7, 11) is 1.87. The first-order chi connectivity index (χ1) is 8.56. The molecule has 0 unspecified atom stereocenters. The summed E-state index contributed by atoms with van der Waals surface area (Å²) in [6.45, 7) is 2.11. The number of halogens is 1. The molecule has 96 valence electrons. The lowest BCUT2D eigenvalue weighted by Gasteiger charge is -2.13. The standard InChI is InChI=1S/C13H15BrN2O2/c1-9(17)12-7-10(14)3-4-13(12)18-8-11-5-6-16(2)15-11/h3-7,9,17H,8H2,1-2H3/t9-/m0/s1. The SMILES string of the molecule is C[C@H](O)c1cc(Br)ccc1OCc1ccn(C)n1. The van der Waals surface area contributed by atoms with E-state index in [4.69, 9.17) is 4.74 Å². The lowest BCUT2D eigenvalue weighted by molar-refractivity contribution is 0.189. The normalized spacial score (nSPS) is 12.4. The smallest absolute Gasteiger partial charge is 0.132 e. The Bertz CT molecular complexity index is 538. The van der Waals surface area contributed by atoms with Gasteiger partial charge >= 0.3 is 0 Å². The van der Waals surface area contributed by atoms with Crippen molar-refractivity contribution in [1.82, 2.24) is 9.78 Å². The van der Waals surface area contributed by atoms with Crippen LogP contribution in [0.15, 0.2) is 34.9 Å². The molecular weight excluding hydrogens is 296 g/mol. The Balaban J connectivity index is 2.13. The number of nitrogens with zero attached hydrogens (tertiary/aromatic N) is 2. The van der Waals surface area contributed by atoms with Gasteiger partial charge in [-0.1, -0.05) is 15.9 Å². The van der Waals surface area contributed by atoms with Crippen molar-refractivity contribution in [2.24, 2.45) is 7.05 Å². The molecule has 2 rings (SSSR count). The van der Waals surface area contributed by atoms with Crippen LogP contribution in [0.25, 0.3) is 0 Å². The molecule has 5 heteroatoms. The zero-order valence-electron chi connectivity index (χ0n) is 10.3. The molecule has 0 amide bonds. The Morgan fingerprint density at radius 3 is 2.83 bits per heavy atom. The summed E-state index contributed by atoms with van der Waals surface area (Å²) in [5, 5.41) is 13.9. The second-order valence-corrected chi connectivity index (χ2v) is 5.04. The molecule has 0 radical (unpaired) electrons. The van der Waals surface area contributed by atoms with Crippen molar-refractivity contribution in [2.75, 3.05) is 0 Å². The van der Waals surface area contributed by atoms with E-state index in [-0.39, 0.29) is 0 Å². The van der Waals surface area contributed by atoms with Crippen molar-refractivity contribution in [2.45, 2.75) is 19.6 Å². The molecule has 0 fully saturated rings. The summed E-state index contributed by atoms with van der Waals surface area (Å²) in [5.74, 6) is 0.679. The summed E-state index contributed by atoms with van der Waals surface area (Å²) in [6, 6.07) is 7.49. The Morgan fingerprint density at radius 2 is 2.22 bits per heavy atom. The molecule has 1 aromatic heterocycles. The van der Waals surface area contributed by atoms with Crippen LogP contribution in [0.3, 0.4) is 0 Å². The zero-order valence-corrected chi connectivity index (χ0v) is 11.9. The summed E-state index contributed by atoms with van der Waals surface area (Å²) >= 11 is 3.38. The van der Waals surface area contributed by atoms with E-state index in [2.05, 4.69) is 21.0 Å². The quantitative estimate of drug-likeness (QED) is 0.944. The molecular formula is C13H15BrN2O2. The molecule has 0 aliphatic heterocycles. The Hall–Kier alpha value is -1.33. The van der Waals surface area contributed by atoms with E-state index < -0.39 is 6.10 Å². The van der Waals surface area contributed by atoms with Gasteiger partial charge in [0.2, 0.25) is 0 Å². The molecule has 1 heterocycles. The molecule has 0 saturated heterocycles. The van der Waals surface area contributed by atoms with Gasteiger partial charge in [0, 0.05) is 23.3 Å². The summed E-state index contributed by atoms with van der Waals surface area (Å²) in [4.78, 5) is 0. The fraction of sp³-hybridized carbons (Fsp3) is 0.308. The topological polar surface area (TPSA) is 47.3 Å². The van der Waals surface area contributed by atoms with Crippen molar-refractivity contribution in [1.29, 1.82) is 0 Å². The summed E-state index contributed by atoms with van der Waals surface area (Å²) in [6.07, 6.45) is 1.30. The average Bonchev–Trinajstić information content (AvgIpc) is 2.73. The molecule has 4 nitrogen and oxygen atoms in total. The van der Waals surface area contributed by atoms with Crippen LogP contribution in [0.2, 0.25) is 0 Å².